The highest BCUT2D eigenvalue weighted by Crippen LogP contribution is 2.25. The third-order valence-corrected chi connectivity index (χ3v) is 7.74. The fourth-order valence-corrected chi connectivity index (χ4v) is 4.90. The van der Waals surface area contributed by atoms with Crippen molar-refractivity contribution in [1.29, 1.82) is 0 Å². The van der Waals surface area contributed by atoms with Gasteiger partial charge in [0, 0.05) is 48.8 Å². The van der Waals surface area contributed by atoms with Gasteiger partial charge in [0.15, 0.2) is 9.84 Å². The summed E-state index contributed by atoms with van der Waals surface area (Å²) in [5.74, 6) is -0.291. The number of sulfone groups is 1. The largest absolute Gasteiger partial charge is 0.371 e. The van der Waals surface area contributed by atoms with Crippen LogP contribution >= 0.6 is 0 Å². The van der Waals surface area contributed by atoms with Crippen molar-refractivity contribution < 1.29 is 18.1 Å². The van der Waals surface area contributed by atoms with Gasteiger partial charge in [0.2, 0.25) is 0 Å². The zero-order valence-corrected chi connectivity index (χ0v) is 19.4. The Hall–Kier alpha value is -3.73. The molecule has 0 bridgehead atoms. The number of nitrogens with one attached hydrogen (secondary N) is 1. The number of amides is 1. The third kappa shape index (κ3) is 4.93. The zero-order chi connectivity index (χ0) is 24.3. The topological polar surface area (TPSA) is 127 Å². The molecule has 2 heterocycles. The Kier molecular flexibility index (Phi) is 6.64. The van der Waals surface area contributed by atoms with Crippen LogP contribution in [0.4, 0.5) is 11.4 Å². The number of hydrogen-bond acceptors (Lipinski definition) is 7. The van der Waals surface area contributed by atoms with E-state index in [2.05, 4.69) is 15.2 Å². The van der Waals surface area contributed by atoms with E-state index in [1.807, 2.05) is 12.1 Å². The standard InChI is InChI=1S/C23H25N5O5S/c1-2-34(32,33)20-6-4-19(5-7-20)26-12-9-18(10-13-26)25-23(29)17-3-8-21(22(15-17)28(30)31)27-14-11-24-16-27/h3-8,11,14-16,18H,2,9-10,12-13H2,1H3,(H,25,29). The summed E-state index contributed by atoms with van der Waals surface area (Å²) in [6.07, 6.45) is 6.00. The summed E-state index contributed by atoms with van der Waals surface area (Å²) in [6, 6.07) is 11.2. The van der Waals surface area contributed by atoms with Crippen molar-refractivity contribution in [2.24, 2.45) is 0 Å². The van der Waals surface area contributed by atoms with Crippen LogP contribution in [0, 0.1) is 10.1 Å². The Morgan fingerprint density at radius 2 is 1.88 bits per heavy atom. The summed E-state index contributed by atoms with van der Waals surface area (Å²) in [5, 5.41) is 14.5. The molecule has 10 nitrogen and oxygen atoms in total. The number of hydrogen-bond donors (Lipinski definition) is 1. The van der Waals surface area contributed by atoms with Crippen LogP contribution in [0.25, 0.3) is 5.69 Å². The first-order chi connectivity index (χ1) is 16.3. The summed E-state index contributed by atoms with van der Waals surface area (Å²) in [6.45, 7) is 3.02. The lowest BCUT2D eigenvalue weighted by Gasteiger charge is -2.34. The number of nitro benzene ring substituents is 1. The van der Waals surface area contributed by atoms with Crippen molar-refractivity contribution in [2.75, 3.05) is 23.7 Å². The van der Waals surface area contributed by atoms with Crippen LogP contribution in [0.3, 0.4) is 0 Å². The van der Waals surface area contributed by atoms with Gasteiger partial charge in [0.1, 0.15) is 5.69 Å². The zero-order valence-electron chi connectivity index (χ0n) is 18.6. The van der Waals surface area contributed by atoms with E-state index in [1.165, 1.54) is 23.2 Å². The van der Waals surface area contributed by atoms with Gasteiger partial charge < -0.3 is 14.8 Å². The highest BCUT2D eigenvalue weighted by Gasteiger charge is 2.24. The van der Waals surface area contributed by atoms with Crippen LogP contribution in [0.1, 0.15) is 30.1 Å². The Morgan fingerprint density at radius 1 is 1.18 bits per heavy atom. The molecule has 34 heavy (non-hydrogen) atoms. The number of benzene rings is 2. The molecule has 1 aliphatic heterocycles. The number of nitrogens with zero attached hydrogens (tertiary/aromatic N) is 4. The molecular weight excluding hydrogens is 458 g/mol. The molecule has 11 heteroatoms. The monoisotopic (exact) mass is 483 g/mol. The highest BCUT2D eigenvalue weighted by molar-refractivity contribution is 7.91. The maximum Gasteiger partial charge on any atom is 0.294 e. The van der Waals surface area contributed by atoms with Gasteiger partial charge in [0.05, 0.1) is 21.9 Å². The lowest BCUT2D eigenvalue weighted by molar-refractivity contribution is -0.384. The number of rotatable bonds is 7. The van der Waals surface area contributed by atoms with Crippen molar-refractivity contribution in [3.05, 3.63) is 76.9 Å². The van der Waals surface area contributed by atoms with Crippen LogP contribution in [0.5, 0.6) is 0 Å². The molecule has 2 aromatic carbocycles. The molecule has 1 saturated heterocycles. The van der Waals surface area contributed by atoms with E-state index in [-0.39, 0.29) is 29.0 Å². The predicted molar refractivity (Wildman–Crippen MR) is 127 cm³/mol. The van der Waals surface area contributed by atoms with Crippen LogP contribution in [0.2, 0.25) is 0 Å². The van der Waals surface area contributed by atoms with Gasteiger partial charge in [-0.3, -0.25) is 14.9 Å². The summed E-state index contributed by atoms with van der Waals surface area (Å²) in [4.78, 5) is 30.2. The van der Waals surface area contributed by atoms with Gasteiger partial charge in [-0.25, -0.2) is 13.4 Å². The Morgan fingerprint density at radius 3 is 2.47 bits per heavy atom. The average Bonchev–Trinajstić information content (AvgIpc) is 3.39. The number of anilines is 1. The number of nitro groups is 1. The first-order valence-corrected chi connectivity index (χ1v) is 12.6. The van der Waals surface area contributed by atoms with Crippen molar-refractivity contribution in [1.82, 2.24) is 14.9 Å². The number of imidazole rings is 1. The molecule has 1 amide bonds. The van der Waals surface area contributed by atoms with Gasteiger partial charge in [-0.15, -0.1) is 0 Å². The second kappa shape index (κ2) is 9.64. The summed E-state index contributed by atoms with van der Waals surface area (Å²) >= 11 is 0. The molecule has 1 aliphatic rings. The van der Waals surface area contributed by atoms with Crippen LogP contribution in [-0.4, -0.2) is 53.7 Å². The van der Waals surface area contributed by atoms with E-state index in [1.54, 1.807) is 37.4 Å². The Labute approximate surface area is 197 Å². The molecule has 0 aliphatic carbocycles. The SMILES string of the molecule is CCS(=O)(=O)c1ccc(N2CCC(NC(=O)c3ccc(-n4ccnc4)c([N+](=O)[O-])c3)CC2)cc1. The molecule has 178 valence electrons. The van der Waals surface area contributed by atoms with Gasteiger partial charge in [0.25, 0.3) is 11.6 Å². The highest BCUT2D eigenvalue weighted by atomic mass is 32.2. The van der Waals surface area contributed by atoms with Crippen molar-refractivity contribution in [2.45, 2.75) is 30.7 Å². The molecule has 0 radical (unpaired) electrons. The molecule has 1 fully saturated rings. The molecular formula is C23H25N5O5S. The summed E-state index contributed by atoms with van der Waals surface area (Å²) in [5.41, 5.74) is 1.33. The Balaban J connectivity index is 1.38. The predicted octanol–water partition coefficient (Wildman–Crippen LogP) is 2.97. The summed E-state index contributed by atoms with van der Waals surface area (Å²) < 4.78 is 25.5. The van der Waals surface area contributed by atoms with Crippen LogP contribution in [0.15, 0.2) is 66.1 Å². The van der Waals surface area contributed by atoms with E-state index >= 15 is 0 Å². The number of aromatic nitrogens is 2. The van der Waals surface area contributed by atoms with Gasteiger partial charge in [-0.2, -0.15) is 0 Å². The summed E-state index contributed by atoms with van der Waals surface area (Å²) in [7, 11) is -3.23. The molecule has 1 aromatic heterocycles. The van der Waals surface area contributed by atoms with E-state index in [9.17, 15) is 23.3 Å². The molecule has 0 unspecified atom stereocenters. The molecule has 0 atom stereocenters. The fourth-order valence-electron chi connectivity index (χ4n) is 4.01. The first kappa shape index (κ1) is 23.4. The smallest absolute Gasteiger partial charge is 0.294 e. The normalized spacial score (nSPS) is 14.7. The molecule has 4 rings (SSSR count). The minimum atomic E-state index is -3.23. The van der Waals surface area contributed by atoms with Gasteiger partial charge in [-0.05, 0) is 49.2 Å². The van der Waals surface area contributed by atoms with E-state index in [0.29, 0.717) is 36.5 Å². The Bertz CT molecular complexity index is 1280. The average molecular weight is 484 g/mol. The van der Waals surface area contributed by atoms with Crippen molar-refractivity contribution in [3.8, 4) is 5.69 Å². The number of piperidine rings is 1. The third-order valence-electron chi connectivity index (χ3n) is 5.99. The molecule has 3 aromatic rings. The number of carbonyl (C=O) groups is 1. The van der Waals surface area contributed by atoms with Crippen molar-refractivity contribution in [3.63, 3.8) is 0 Å². The maximum absolute atomic E-state index is 12.8. The fraction of sp³-hybridized carbons (Fsp3) is 0.304. The first-order valence-electron chi connectivity index (χ1n) is 10.9. The second-order valence-electron chi connectivity index (χ2n) is 8.06. The van der Waals surface area contributed by atoms with E-state index < -0.39 is 14.8 Å². The van der Waals surface area contributed by atoms with Crippen molar-refractivity contribution >= 4 is 27.1 Å². The van der Waals surface area contributed by atoms with E-state index in [4.69, 9.17) is 0 Å². The minimum Gasteiger partial charge on any atom is -0.371 e. The lowest BCUT2D eigenvalue weighted by atomic mass is 10.0. The minimum absolute atomic E-state index is 0.0594. The van der Waals surface area contributed by atoms with Gasteiger partial charge in [-0.1, -0.05) is 6.92 Å². The number of carbonyl (C=O) groups excluding carboxylic acids is 1. The molecule has 0 saturated carbocycles. The molecule has 1 N–H and O–H groups in total. The second-order valence-corrected chi connectivity index (χ2v) is 10.3. The van der Waals surface area contributed by atoms with Crippen LogP contribution in [-0.2, 0) is 9.84 Å². The van der Waals surface area contributed by atoms with E-state index in [0.717, 1.165) is 5.69 Å². The maximum atomic E-state index is 12.8. The van der Waals surface area contributed by atoms with Crippen LogP contribution < -0.4 is 10.2 Å². The van der Waals surface area contributed by atoms with Gasteiger partial charge >= 0.3 is 0 Å². The quantitative estimate of drug-likeness (QED) is 0.404. The molecule has 0 spiro atoms. The lowest BCUT2D eigenvalue weighted by Crippen LogP contribution is -2.44.